The van der Waals surface area contributed by atoms with Crippen molar-refractivity contribution >= 4 is 5.78 Å². The second-order valence-electron chi connectivity index (χ2n) is 3.90. The summed E-state index contributed by atoms with van der Waals surface area (Å²) in [6.07, 6.45) is 2.00. The predicted molar refractivity (Wildman–Crippen MR) is 62.7 cm³/mol. The Morgan fingerprint density at radius 2 is 1.82 bits per heavy atom. The highest BCUT2D eigenvalue weighted by Crippen LogP contribution is 2.18. The third-order valence-electron chi connectivity index (χ3n) is 2.28. The van der Waals surface area contributed by atoms with Crippen LogP contribution in [-0.2, 0) is 0 Å². The number of rotatable bonds is 4. The van der Waals surface area contributed by atoms with Gasteiger partial charge in [-0.1, -0.05) is 13.0 Å². The molecule has 0 spiro atoms. The van der Waals surface area contributed by atoms with E-state index in [0.717, 1.165) is 12.1 Å². The largest absolute Gasteiger partial charge is 0.383 e. The highest BCUT2D eigenvalue weighted by molar-refractivity contribution is 6.08. The van der Waals surface area contributed by atoms with Crippen LogP contribution in [0.5, 0.6) is 0 Å². The van der Waals surface area contributed by atoms with Crippen molar-refractivity contribution in [1.82, 2.24) is 4.90 Å². The van der Waals surface area contributed by atoms with E-state index >= 15 is 0 Å². The van der Waals surface area contributed by atoms with Gasteiger partial charge in [0, 0.05) is 25.9 Å². The molecule has 0 N–H and O–H groups in total. The van der Waals surface area contributed by atoms with Crippen LogP contribution in [0, 0.1) is 11.6 Å². The van der Waals surface area contributed by atoms with E-state index in [-0.39, 0.29) is 0 Å². The minimum atomic E-state index is -0.826. The summed E-state index contributed by atoms with van der Waals surface area (Å²) in [5.41, 5.74) is -0.110. The molecular formula is C13H15F2NO. The summed E-state index contributed by atoms with van der Waals surface area (Å²) < 4.78 is 26.9. The minimum Gasteiger partial charge on any atom is -0.383 e. The molecule has 0 bridgehead atoms. The van der Waals surface area contributed by atoms with Gasteiger partial charge < -0.3 is 4.90 Å². The maximum atomic E-state index is 13.4. The molecule has 0 saturated carbocycles. The molecule has 92 valence electrons. The van der Waals surface area contributed by atoms with E-state index in [9.17, 15) is 13.6 Å². The molecule has 17 heavy (non-hydrogen) atoms. The fraction of sp³-hybridized carbons (Fsp3) is 0.308. The zero-order chi connectivity index (χ0) is 13.0. The van der Waals surface area contributed by atoms with Gasteiger partial charge in [0.05, 0.1) is 5.56 Å². The van der Waals surface area contributed by atoms with Crippen LogP contribution in [-0.4, -0.2) is 24.8 Å². The summed E-state index contributed by atoms with van der Waals surface area (Å²) >= 11 is 0. The summed E-state index contributed by atoms with van der Waals surface area (Å²) in [6.45, 7) is 1.77. The number of carbonyl (C=O) groups is 1. The third kappa shape index (κ3) is 3.12. The van der Waals surface area contributed by atoms with E-state index < -0.39 is 23.0 Å². The molecule has 1 aromatic rings. The molecule has 1 aromatic carbocycles. The van der Waals surface area contributed by atoms with Crippen LogP contribution in [0.4, 0.5) is 8.78 Å². The smallest absolute Gasteiger partial charge is 0.196 e. The standard InChI is InChI=1S/C13H15F2NO/c1-4-9(8-16(2)3)13(17)12-10(14)6-5-7-11(12)15/h5-8H,4H2,1-3H3. The molecular weight excluding hydrogens is 224 g/mol. The predicted octanol–water partition coefficient (Wildman–Crippen LogP) is 3.00. The van der Waals surface area contributed by atoms with Gasteiger partial charge in [-0.25, -0.2) is 8.78 Å². The van der Waals surface area contributed by atoms with Gasteiger partial charge in [-0.3, -0.25) is 4.79 Å². The van der Waals surface area contributed by atoms with Crippen LogP contribution < -0.4 is 0 Å². The lowest BCUT2D eigenvalue weighted by atomic mass is 10.0. The molecule has 0 aliphatic heterocycles. The van der Waals surface area contributed by atoms with E-state index in [1.807, 2.05) is 0 Å². The van der Waals surface area contributed by atoms with Crippen molar-refractivity contribution in [3.05, 3.63) is 47.2 Å². The topological polar surface area (TPSA) is 20.3 Å². The molecule has 0 aromatic heterocycles. The molecule has 0 heterocycles. The summed E-state index contributed by atoms with van der Waals surface area (Å²) in [4.78, 5) is 13.7. The quantitative estimate of drug-likeness (QED) is 0.594. The molecule has 0 saturated heterocycles. The van der Waals surface area contributed by atoms with Crippen molar-refractivity contribution in [2.75, 3.05) is 14.1 Å². The van der Waals surface area contributed by atoms with Crippen LogP contribution in [0.1, 0.15) is 23.7 Å². The Hall–Kier alpha value is -1.71. The van der Waals surface area contributed by atoms with Crippen molar-refractivity contribution in [3.8, 4) is 0 Å². The maximum Gasteiger partial charge on any atom is 0.196 e. The Balaban J connectivity index is 3.20. The van der Waals surface area contributed by atoms with Gasteiger partial charge in [-0.05, 0) is 18.6 Å². The molecule has 0 aliphatic rings. The van der Waals surface area contributed by atoms with E-state index in [0.29, 0.717) is 12.0 Å². The van der Waals surface area contributed by atoms with Gasteiger partial charge in [-0.15, -0.1) is 0 Å². The molecule has 4 heteroatoms. The summed E-state index contributed by atoms with van der Waals surface area (Å²) in [5.74, 6) is -2.25. The number of allylic oxidation sites excluding steroid dienone is 1. The number of hydrogen-bond donors (Lipinski definition) is 0. The van der Waals surface area contributed by atoms with Gasteiger partial charge in [0.1, 0.15) is 11.6 Å². The van der Waals surface area contributed by atoms with Crippen molar-refractivity contribution < 1.29 is 13.6 Å². The number of hydrogen-bond acceptors (Lipinski definition) is 2. The zero-order valence-electron chi connectivity index (χ0n) is 10.1. The van der Waals surface area contributed by atoms with Crippen LogP contribution in [0.15, 0.2) is 30.0 Å². The zero-order valence-corrected chi connectivity index (χ0v) is 10.1. The molecule has 1 rings (SSSR count). The fourth-order valence-electron chi connectivity index (χ4n) is 1.50. The van der Waals surface area contributed by atoms with Crippen molar-refractivity contribution in [3.63, 3.8) is 0 Å². The summed E-state index contributed by atoms with van der Waals surface area (Å²) in [6, 6.07) is 3.40. The van der Waals surface area contributed by atoms with E-state index in [1.54, 1.807) is 32.1 Å². The SMILES string of the molecule is CCC(=CN(C)C)C(=O)c1c(F)cccc1F. The highest BCUT2D eigenvalue weighted by atomic mass is 19.1. The molecule has 0 atom stereocenters. The van der Waals surface area contributed by atoms with Gasteiger partial charge in [-0.2, -0.15) is 0 Å². The fourth-order valence-corrected chi connectivity index (χ4v) is 1.50. The lowest BCUT2D eigenvalue weighted by molar-refractivity contribution is 0.102. The van der Waals surface area contributed by atoms with E-state index in [2.05, 4.69) is 0 Å². The van der Waals surface area contributed by atoms with Crippen molar-refractivity contribution in [2.45, 2.75) is 13.3 Å². The van der Waals surface area contributed by atoms with Crippen LogP contribution in [0.25, 0.3) is 0 Å². The average molecular weight is 239 g/mol. The first-order valence-electron chi connectivity index (χ1n) is 5.33. The lowest BCUT2D eigenvalue weighted by Gasteiger charge is -2.10. The number of Topliss-reactive ketones (excluding diaryl/α,β-unsaturated/α-hetero) is 1. The monoisotopic (exact) mass is 239 g/mol. The minimum absolute atomic E-state index is 0.374. The second kappa shape index (κ2) is 5.57. The van der Waals surface area contributed by atoms with Crippen LogP contribution in [0.2, 0.25) is 0 Å². The molecule has 0 unspecified atom stereocenters. The molecule has 0 amide bonds. The van der Waals surface area contributed by atoms with Crippen LogP contribution in [0.3, 0.4) is 0 Å². The van der Waals surface area contributed by atoms with Crippen molar-refractivity contribution in [1.29, 1.82) is 0 Å². The summed E-state index contributed by atoms with van der Waals surface area (Å²) in [7, 11) is 3.50. The first-order chi connectivity index (χ1) is 7.97. The number of carbonyl (C=O) groups excluding carboxylic acids is 1. The average Bonchev–Trinajstić information content (AvgIpc) is 2.25. The van der Waals surface area contributed by atoms with Gasteiger partial charge in [0.15, 0.2) is 5.78 Å². The third-order valence-corrected chi connectivity index (χ3v) is 2.28. The first-order valence-corrected chi connectivity index (χ1v) is 5.33. The second-order valence-corrected chi connectivity index (χ2v) is 3.90. The lowest BCUT2D eigenvalue weighted by Crippen LogP contribution is -2.12. The maximum absolute atomic E-state index is 13.4. The van der Waals surface area contributed by atoms with Gasteiger partial charge in [0.2, 0.25) is 0 Å². The Morgan fingerprint density at radius 3 is 2.24 bits per heavy atom. The van der Waals surface area contributed by atoms with E-state index in [1.165, 1.54) is 6.07 Å². The normalized spacial score (nSPS) is 11.5. The van der Waals surface area contributed by atoms with Gasteiger partial charge in [0.25, 0.3) is 0 Å². The molecule has 2 nitrogen and oxygen atoms in total. The Morgan fingerprint density at radius 1 is 1.29 bits per heavy atom. The Bertz CT molecular complexity index is 432. The first kappa shape index (κ1) is 13.4. The van der Waals surface area contributed by atoms with Gasteiger partial charge >= 0.3 is 0 Å². The number of ketones is 1. The molecule has 0 fully saturated rings. The Kier molecular flexibility index (Phi) is 4.37. The number of nitrogens with zero attached hydrogens (tertiary/aromatic N) is 1. The highest BCUT2D eigenvalue weighted by Gasteiger charge is 2.19. The van der Waals surface area contributed by atoms with E-state index in [4.69, 9.17) is 0 Å². The summed E-state index contributed by atoms with van der Waals surface area (Å²) in [5, 5.41) is 0. The number of halogens is 2. The molecule has 0 radical (unpaired) electrons. The Labute approximate surface area is 99.5 Å². The number of benzene rings is 1. The van der Waals surface area contributed by atoms with Crippen molar-refractivity contribution in [2.24, 2.45) is 0 Å². The molecule has 0 aliphatic carbocycles. The van der Waals surface area contributed by atoms with Crippen LogP contribution >= 0.6 is 0 Å².